The number of hydrogen-bond donors (Lipinski definition) is 2. The molecule has 0 aliphatic heterocycles. The SMILES string of the molecule is COc1ccccc1O[C@H](C)C(=O)Nc1ccc(C(N)=O)cc1. The lowest BCUT2D eigenvalue weighted by atomic mass is 10.2. The van der Waals surface area contributed by atoms with Crippen molar-refractivity contribution in [1.29, 1.82) is 0 Å². The summed E-state index contributed by atoms with van der Waals surface area (Å²) in [4.78, 5) is 23.2. The molecule has 0 unspecified atom stereocenters. The van der Waals surface area contributed by atoms with Gasteiger partial charge >= 0.3 is 0 Å². The lowest BCUT2D eigenvalue weighted by molar-refractivity contribution is -0.122. The number of primary amides is 1. The summed E-state index contributed by atoms with van der Waals surface area (Å²) < 4.78 is 10.8. The van der Waals surface area contributed by atoms with Crippen molar-refractivity contribution in [2.45, 2.75) is 13.0 Å². The Bertz CT molecular complexity index is 698. The fourth-order valence-corrected chi connectivity index (χ4v) is 1.92. The first-order valence-electron chi connectivity index (χ1n) is 7.01. The largest absolute Gasteiger partial charge is 0.493 e. The van der Waals surface area contributed by atoms with E-state index in [1.807, 2.05) is 6.07 Å². The summed E-state index contributed by atoms with van der Waals surface area (Å²) in [6, 6.07) is 13.4. The molecule has 3 N–H and O–H groups in total. The van der Waals surface area contributed by atoms with Crippen LogP contribution in [0.15, 0.2) is 48.5 Å². The molecule has 120 valence electrons. The van der Waals surface area contributed by atoms with E-state index in [-0.39, 0.29) is 5.91 Å². The number of anilines is 1. The molecule has 0 aromatic heterocycles. The minimum Gasteiger partial charge on any atom is -0.493 e. The number of hydrogen-bond acceptors (Lipinski definition) is 4. The zero-order valence-corrected chi connectivity index (χ0v) is 12.9. The van der Waals surface area contributed by atoms with Crippen LogP contribution in [0.25, 0.3) is 0 Å². The first-order chi connectivity index (χ1) is 11.0. The van der Waals surface area contributed by atoms with E-state index in [0.717, 1.165) is 0 Å². The predicted molar refractivity (Wildman–Crippen MR) is 86.7 cm³/mol. The topological polar surface area (TPSA) is 90.7 Å². The zero-order valence-electron chi connectivity index (χ0n) is 12.9. The summed E-state index contributed by atoms with van der Waals surface area (Å²) in [5, 5.41) is 2.71. The van der Waals surface area contributed by atoms with Crippen LogP contribution in [0.1, 0.15) is 17.3 Å². The van der Waals surface area contributed by atoms with Crippen LogP contribution in [0.5, 0.6) is 11.5 Å². The quantitative estimate of drug-likeness (QED) is 0.855. The van der Waals surface area contributed by atoms with Gasteiger partial charge in [0.05, 0.1) is 7.11 Å². The number of carbonyl (C=O) groups excluding carboxylic acids is 2. The van der Waals surface area contributed by atoms with Crippen LogP contribution in [0.4, 0.5) is 5.69 Å². The van der Waals surface area contributed by atoms with Gasteiger partial charge in [-0.25, -0.2) is 0 Å². The van der Waals surface area contributed by atoms with Crippen molar-refractivity contribution in [1.82, 2.24) is 0 Å². The molecule has 0 radical (unpaired) electrons. The zero-order chi connectivity index (χ0) is 16.8. The van der Waals surface area contributed by atoms with Crippen LogP contribution >= 0.6 is 0 Å². The average Bonchev–Trinajstić information content (AvgIpc) is 2.55. The van der Waals surface area contributed by atoms with E-state index in [1.54, 1.807) is 49.4 Å². The number of amides is 2. The highest BCUT2D eigenvalue weighted by Crippen LogP contribution is 2.27. The summed E-state index contributed by atoms with van der Waals surface area (Å²) in [5.74, 6) is 0.207. The maximum Gasteiger partial charge on any atom is 0.265 e. The molecule has 6 heteroatoms. The second-order valence-electron chi connectivity index (χ2n) is 4.84. The number of ether oxygens (including phenoxy) is 2. The molecule has 1 atom stereocenters. The van der Waals surface area contributed by atoms with Gasteiger partial charge in [-0.3, -0.25) is 9.59 Å². The molecule has 0 saturated heterocycles. The molecule has 0 bridgehead atoms. The van der Waals surface area contributed by atoms with Crippen LogP contribution in [-0.4, -0.2) is 25.0 Å². The van der Waals surface area contributed by atoms with Gasteiger partial charge in [-0.15, -0.1) is 0 Å². The smallest absolute Gasteiger partial charge is 0.265 e. The third kappa shape index (κ3) is 4.23. The number of benzene rings is 2. The van der Waals surface area contributed by atoms with E-state index in [4.69, 9.17) is 15.2 Å². The third-order valence-corrected chi connectivity index (χ3v) is 3.18. The van der Waals surface area contributed by atoms with Crippen molar-refractivity contribution >= 4 is 17.5 Å². The lowest BCUT2D eigenvalue weighted by Crippen LogP contribution is -2.30. The molecule has 0 aliphatic carbocycles. The van der Waals surface area contributed by atoms with E-state index in [9.17, 15) is 9.59 Å². The second-order valence-corrected chi connectivity index (χ2v) is 4.84. The first-order valence-corrected chi connectivity index (χ1v) is 7.01. The molecule has 2 aromatic rings. The minimum absolute atomic E-state index is 0.317. The van der Waals surface area contributed by atoms with Crippen LogP contribution in [0.3, 0.4) is 0 Å². The molecule has 6 nitrogen and oxygen atoms in total. The molecular formula is C17H18N2O4. The first kappa shape index (κ1) is 16.4. The van der Waals surface area contributed by atoms with Gasteiger partial charge in [0, 0.05) is 11.3 Å². The summed E-state index contributed by atoms with van der Waals surface area (Å²) in [6.45, 7) is 1.64. The molecule has 2 rings (SSSR count). The maximum absolute atomic E-state index is 12.2. The summed E-state index contributed by atoms with van der Waals surface area (Å²) in [5.41, 5.74) is 6.10. The Hall–Kier alpha value is -3.02. The molecule has 0 saturated carbocycles. The molecule has 23 heavy (non-hydrogen) atoms. The van der Waals surface area contributed by atoms with Crippen LogP contribution in [-0.2, 0) is 4.79 Å². The Morgan fingerprint density at radius 3 is 2.22 bits per heavy atom. The summed E-state index contributed by atoms with van der Waals surface area (Å²) in [7, 11) is 1.53. The monoisotopic (exact) mass is 314 g/mol. The molecule has 2 aromatic carbocycles. The van der Waals surface area contributed by atoms with Gasteiger partial charge < -0.3 is 20.5 Å². The van der Waals surface area contributed by atoms with Gasteiger partial charge in [-0.2, -0.15) is 0 Å². The summed E-state index contributed by atoms with van der Waals surface area (Å²) >= 11 is 0. The lowest BCUT2D eigenvalue weighted by Gasteiger charge is -2.16. The number of nitrogens with one attached hydrogen (secondary N) is 1. The molecule has 0 heterocycles. The van der Waals surface area contributed by atoms with Crippen LogP contribution in [0.2, 0.25) is 0 Å². The average molecular weight is 314 g/mol. The predicted octanol–water partition coefficient (Wildman–Crippen LogP) is 2.20. The van der Waals surface area contributed by atoms with Gasteiger partial charge in [-0.1, -0.05) is 12.1 Å². The van der Waals surface area contributed by atoms with Crippen LogP contribution < -0.4 is 20.5 Å². The normalized spacial score (nSPS) is 11.4. The van der Waals surface area contributed by atoms with Gasteiger partial charge in [0.2, 0.25) is 5.91 Å². The number of para-hydroxylation sites is 2. The second kappa shape index (κ2) is 7.31. The number of methoxy groups -OCH3 is 1. The van der Waals surface area contributed by atoms with E-state index in [0.29, 0.717) is 22.7 Å². The van der Waals surface area contributed by atoms with E-state index >= 15 is 0 Å². The highest BCUT2D eigenvalue weighted by molar-refractivity contribution is 5.96. The van der Waals surface area contributed by atoms with E-state index < -0.39 is 12.0 Å². The Labute approximate surface area is 134 Å². The van der Waals surface area contributed by atoms with Gasteiger partial charge in [-0.05, 0) is 43.3 Å². The Balaban J connectivity index is 2.01. The Morgan fingerprint density at radius 1 is 1.04 bits per heavy atom. The minimum atomic E-state index is -0.720. The van der Waals surface area contributed by atoms with Crippen LogP contribution in [0, 0.1) is 0 Å². The van der Waals surface area contributed by atoms with E-state index in [1.165, 1.54) is 7.11 Å². The van der Waals surface area contributed by atoms with Crippen molar-refractivity contribution in [3.63, 3.8) is 0 Å². The summed E-state index contributed by atoms with van der Waals surface area (Å²) in [6.07, 6.45) is -0.720. The van der Waals surface area contributed by atoms with E-state index in [2.05, 4.69) is 5.32 Å². The molecule has 0 aliphatic rings. The van der Waals surface area contributed by atoms with Gasteiger partial charge in [0.1, 0.15) is 0 Å². The number of nitrogens with two attached hydrogens (primary N) is 1. The standard InChI is InChI=1S/C17H18N2O4/c1-11(23-15-6-4-3-5-14(15)22-2)17(21)19-13-9-7-12(8-10-13)16(18)20/h3-11H,1-2H3,(H2,18,20)(H,19,21)/t11-/m1/s1. The third-order valence-electron chi connectivity index (χ3n) is 3.18. The van der Waals surface area contributed by atoms with Crippen molar-refractivity contribution in [2.24, 2.45) is 5.73 Å². The van der Waals surface area contributed by atoms with Crippen molar-refractivity contribution in [2.75, 3.05) is 12.4 Å². The van der Waals surface area contributed by atoms with Crippen molar-refractivity contribution < 1.29 is 19.1 Å². The maximum atomic E-state index is 12.2. The molecule has 2 amide bonds. The number of rotatable bonds is 6. The molecule has 0 fully saturated rings. The highest BCUT2D eigenvalue weighted by atomic mass is 16.5. The number of carbonyl (C=O) groups is 2. The Morgan fingerprint density at radius 2 is 1.65 bits per heavy atom. The fraction of sp³-hybridized carbons (Fsp3) is 0.176. The van der Waals surface area contributed by atoms with Crippen molar-refractivity contribution in [3.8, 4) is 11.5 Å². The van der Waals surface area contributed by atoms with Crippen molar-refractivity contribution in [3.05, 3.63) is 54.1 Å². The fourth-order valence-electron chi connectivity index (χ4n) is 1.92. The molecule has 0 spiro atoms. The van der Waals surface area contributed by atoms with Gasteiger partial charge in [0.15, 0.2) is 17.6 Å². The molecular weight excluding hydrogens is 296 g/mol. The highest BCUT2D eigenvalue weighted by Gasteiger charge is 2.17. The Kier molecular flexibility index (Phi) is 5.19. The van der Waals surface area contributed by atoms with Gasteiger partial charge in [0.25, 0.3) is 5.91 Å².